The fraction of sp³-hybridized carbons (Fsp3) is 0.240. The lowest BCUT2D eigenvalue weighted by atomic mass is 10.1. The predicted octanol–water partition coefficient (Wildman–Crippen LogP) is 3.52. The van der Waals surface area contributed by atoms with Crippen LogP contribution in [-0.4, -0.2) is 57.6 Å². The van der Waals surface area contributed by atoms with Gasteiger partial charge in [0.05, 0.1) is 11.1 Å². The van der Waals surface area contributed by atoms with Crippen molar-refractivity contribution in [1.29, 1.82) is 0 Å². The first kappa shape index (κ1) is 21.5. The van der Waals surface area contributed by atoms with Crippen LogP contribution in [0, 0.1) is 5.82 Å². The smallest absolute Gasteiger partial charge is 0.295 e. The first-order valence-corrected chi connectivity index (χ1v) is 10.5. The Morgan fingerprint density at radius 2 is 1.84 bits per heavy atom. The molecular weight excluding hydrogens is 409 g/mol. The van der Waals surface area contributed by atoms with Gasteiger partial charge >= 0.3 is 0 Å². The third kappa shape index (κ3) is 3.82. The van der Waals surface area contributed by atoms with E-state index in [1.807, 2.05) is 6.07 Å². The van der Waals surface area contributed by atoms with Gasteiger partial charge in [0.15, 0.2) is 0 Å². The Bertz CT molecular complexity index is 1200. The van der Waals surface area contributed by atoms with E-state index in [1.54, 1.807) is 58.9 Å². The van der Waals surface area contributed by atoms with Crippen molar-refractivity contribution in [1.82, 2.24) is 14.4 Å². The molecule has 0 radical (unpaired) electrons. The van der Waals surface area contributed by atoms with Crippen LogP contribution >= 0.6 is 0 Å². The van der Waals surface area contributed by atoms with Gasteiger partial charge in [-0.05, 0) is 31.2 Å². The first-order valence-electron chi connectivity index (χ1n) is 10.5. The number of nitrogens with zero attached hydrogens (tertiary/aromatic N) is 3. The van der Waals surface area contributed by atoms with E-state index < -0.39 is 17.5 Å². The summed E-state index contributed by atoms with van der Waals surface area (Å²) in [6.45, 7) is 6.76. The van der Waals surface area contributed by atoms with Gasteiger partial charge in [-0.15, -0.1) is 6.58 Å². The molecule has 0 spiro atoms. The van der Waals surface area contributed by atoms with Gasteiger partial charge < -0.3 is 14.4 Å². The molecule has 1 fully saturated rings. The van der Waals surface area contributed by atoms with Crippen LogP contribution in [0.3, 0.4) is 0 Å². The van der Waals surface area contributed by atoms with E-state index in [9.17, 15) is 18.8 Å². The highest BCUT2D eigenvalue weighted by molar-refractivity contribution is 6.45. The topological polar surface area (TPSA) is 62.6 Å². The molecule has 2 heterocycles. The molecule has 0 N–H and O–H groups in total. The highest BCUT2D eigenvalue weighted by atomic mass is 19.1. The first-order chi connectivity index (χ1) is 15.4. The Morgan fingerprint density at radius 3 is 2.53 bits per heavy atom. The van der Waals surface area contributed by atoms with Crippen LogP contribution < -0.4 is 0 Å². The Kier molecular flexibility index (Phi) is 5.90. The second kappa shape index (κ2) is 8.78. The van der Waals surface area contributed by atoms with Crippen molar-refractivity contribution in [3.05, 3.63) is 84.3 Å². The van der Waals surface area contributed by atoms with Crippen molar-refractivity contribution in [2.75, 3.05) is 19.6 Å². The standard InChI is InChI=1S/C25H24FN3O3/c1-3-12-27-16-19(22-20(26)10-7-11-21(22)27)23(30)25(32)29-14-13-28(15-17(29)2)24(31)18-8-5-4-6-9-18/h3-11,16-17H,1,12-15H2,2H3/t17-/m1/s1. The summed E-state index contributed by atoms with van der Waals surface area (Å²) in [5, 5.41) is 0.137. The summed E-state index contributed by atoms with van der Waals surface area (Å²) in [6, 6.07) is 13.2. The molecule has 1 aromatic heterocycles. The number of hydrogen-bond acceptors (Lipinski definition) is 3. The zero-order valence-electron chi connectivity index (χ0n) is 17.8. The number of halogens is 1. The number of benzene rings is 2. The van der Waals surface area contributed by atoms with Gasteiger partial charge in [-0.25, -0.2) is 4.39 Å². The van der Waals surface area contributed by atoms with Crippen LogP contribution in [-0.2, 0) is 11.3 Å². The number of fused-ring (bicyclic) bond motifs is 1. The molecule has 6 nitrogen and oxygen atoms in total. The molecule has 2 aromatic carbocycles. The molecule has 4 rings (SSSR count). The Labute approximate surface area is 185 Å². The minimum atomic E-state index is -0.752. The summed E-state index contributed by atoms with van der Waals surface area (Å²) in [4.78, 5) is 42.1. The van der Waals surface area contributed by atoms with Gasteiger partial charge in [0.25, 0.3) is 17.6 Å². The van der Waals surface area contributed by atoms with Crippen LogP contribution in [0.5, 0.6) is 0 Å². The number of hydrogen-bond donors (Lipinski definition) is 0. The number of aromatic nitrogens is 1. The molecule has 1 aliphatic rings. The van der Waals surface area contributed by atoms with Gasteiger partial charge in [0.1, 0.15) is 5.82 Å². The maximum Gasteiger partial charge on any atom is 0.295 e. The van der Waals surface area contributed by atoms with Gasteiger partial charge in [0, 0.05) is 49.4 Å². The van der Waals surface area contributed by atoms with E-state index in [1.165, 1.54) is 17.2 Å². The lowest BCUT2D eigenvalue weighted by molar-refractivity contribution is -0.130. The van der Waals surface area contributed by atoms with E-state index in [0.29, 0.717) is 30.7 Å². The average molecular weight is 433 g/mol. The molecule has 0 unspecified atom stereocenters. The summed E-state index contributed by atoms with van der Waals surface area (Å²) >= 11 is 0. The third-order valence-corrected chi connectivity index (χ3v) is 5.82. The average Bonchev–Trinajstić information content (AvgIpc) is 3.18. The van der Waals surface area contributed by atoms with E-state index in [2.05, 4.69) is 6.58 Å². The molecule has 1 atom stereocenters. The van der Waals surface area contributed by atoms with Crippen molar-refractivity contribution >= 4 is 28.5 Å². The number of allylic oxidation sites excluding steroid dienone is 1. The van der Waals surface area contributed by atoms with Crippen molar-refractivity contribution < 1.29 is 18.8 Å². The third-order valence-electron chi connectivity index (χ3n) is 5.82. The summed E-state index contributed by atoms with van der Waals surface area (Å²) in [7, 11) is 0. The summed E-state index contributed by atoms with van der Waals surface area (Å²) in [5.74, 6) is -2.10. The largest absolute Gasteiger partial charge is 0.343 e. The zero-order valence-corrected chi connectivity index (χ0v) is 17.8. The van der Waals surface area contributed by atoms with Gasteiger partial charge in [0.2, 0.25) is 0 Å². The normalized spacial score (nSPS) is 16.2. The van der Waals surface area contributed by atoms with Crippen LogP contribution in [0.15, 0.2) is 67.4 Å². The summed E-state index contributed by atoms with van der Waals surface area (Å²) in [5.41, 5.74) is 1.16. The van der Waals surface area contributed by atoms with Crippen molar-refractivity contribution in [2.45, 2.75) is 19.5 Å². The Hall–Kier alpha value is -3.74. The van der Waals surface area contributed by atoms with Gasteiger partial charge in [-0.1, -0.05) is 30.3 Å². The van der Waals surface area contributed by atoms with Gasteiger partial charge in [-0.2, -0.15) is 0 Å². The van der Waals surface area contributed by atoms with Crippen molar-refractivity contribution in [3.63, 3.8) is 0 Å². The molecule has 3 aromatic rings. The summed E-state index contributed by atoms with van der Waals surface area (Å²) < 4.78 is 16.3. The van der Waals surface area contributed by atoms with Crippen LogP contribution in [0.25, 0.3) is 10.9 Å². The molecule has 0 saturated carbocycles. The molecule has 2 amide bonds. The number of rotatable bonds is 5. The fourth-order valence-corrected chi connectivity index (χ4v) is 4.22. The van der Waals surface area contributed by atoms with E-state index in [4.69, 9.17) is 0 Å². The predicted molar refractivity (Wildman–Crippen MR) is 120 cm³/mol. The lowest BCUT2D eigenvalue weighted by Gasteiger charge is -2.39. The minimum absolute atomic E-state index is 0.0416. The van der Waals surface area contributed by atoms with Crippen molar-refractivity contribution in [3.8, 4) is 0 Å². The Morgan fingerprint density at radius 1 is 1.09 bits per heavy atom. The quantitative estimate of drug-likeness (QED) is 0.351. The molecule has 1 saturated heterocycles. The highest BCUT2D eigenvalue weighted by Gasteiger charge is 2.34. The van der Waals surface area contributed by atoms with Crippen molar-refractivity contribution in [2.24, 2.45) is 0 Å². The SMILES string of the molecule is C=CCn1cc(C(=O)C(=O)N2CCN(C(=O)c3ccccc3)C[C@H]2C)c2c(F)cccc21. The molecule has 0 aliphatic carbocycles. The number of Topliss-reactive ketones (excluding diaryl/α,β-unsaturated/α-hetero) is 1. The number of amides is 2. The second-order valence-electron chi connectivity index (χ2n) is 7.91. The van der Waals surface area contributed by atoms with Crippen LogP contribution in [0.1, 0.15) is 27.6 Å². The highest BCUT2D eigenvalue weighted by Crippen LogP contribution is 2.26. The Balaban J connectivity index is 1.55. The van der Waals surface area contributed by atoms with Crippen LogP contribution in [0.4, 0.5) is 4.39 Å². The molecule has 1 aliphatic heterocycles. The monoisotopic (exact) mass is 433 g/mol. The minimum Gasteiger partial charge on any atom is -0.343 e. The molecule has 32 heavy (non-hydrogen) atoms. The number of ketones is 1. The number of carbonyl (C=O) groups excluding carboxylic acids is 3. The molecule has 7 heteroatoms. The maximum atomic E-state index is 14.6. The molecular formula is C25H24FN3O3. The summed E-state index contributed by atoms with van der Waals surface area (Å²) in [6.07, 6.45) is 3.15. The van der Waals surface area contributed by atoms with E-state index >= 15 is 0 Å². The van der Waals surface area contributed by atoms with Gasteiger partial charge in [-0.3, -0.25) is 14.4 Å². The maximum absolute atomic E-state index is 14.6. The lowest BCUT2D eigenvalue weighted by Crippen LogP contribution is -2.56. The zero-order chi connectivity index (χ0) is 22.8. The van der Waals surface area contributed by atoms with E-state index in [-0.39, 0.29) is 29.4 Å². The van der Waals surface area contributed by atoms with E-state index in [0.717, 1.165) is 0 Å². The van der Waals surface area contributed by atoms with Crippen LogP contribution in [0.2, 0.25) is 0 Å². The fourth-order valence-electron chi connectivity index (χ4n) is 4.22. The molecule has 164 valence electrons. The number of carbonyl (C=O) groups is 3. The number of piperazine rings is 1. The second-order valence-corrected chi connectivity index (χ2v) is 7.91. The molecule has 0 bridgehead atoms.